The standard InChI is InChI=1S/C16H31NO4/c1-8-12(3)10-11-17(13(9-2)14(18)20-7)15(19)21-16(4,5)6/h12-13H,8-11H2,1-7H3. The molecule has 2 unspecified atom stereocenters. The van der Waals surface area contributed by atoms with Crippen LogP contribution in [0.2, 0.25) is 0 Å². The van der Waals surface area contributed by atoms with Crippen LogP contribution in [0.5, 0.6) is 0 Å². The molecular weight excluding hydrogens is 270 g/mol. The first-order valence-corrected chi connectivity index (χ1v) is 7.73. The molecular formula is C16H31NO4. The smallest absolute Gasteiger partial charge is 0.411 e. The van der Waals surface area contributed by atoms with Crippen molar-refractivity contribution in [2.45, 2.75) is 72.4 Å². The minimum atomic E-state index is -0.589. The molecule has 0 aliphatic heterocycles. The summed E-state index contributed by atoms with van der Waals surface area (Å²) in [7, 11) is 1.34. The summed E-state index contributed by atoms with van der Waals surface area (Å²) in [6, 6.07) is -0.589. The zero-order valence-electron chi connectivity index (χ0n) is 14.6. The van der Waals surface area contributed by atoms with Gasteiger partial charge in [0.25, 0.3) is 0 Å². The molecule has 0 fully saturated rings. The fraction of sp³-hybridized carbons (Fsp3) is 0.875. The maximum atomic E-state index is 12.4. The number of hydrogen-bond acceptors (Lipinski definition) is 4. The van der Waals surface area contributed by atoms with Crippen molar-refractivity contribution in [3.05, 3.63) is 0 Å². The lowest BCUT2D eigenvalue weighted by molar-refractivity contribution is -0.147. The zero-order valence-corrected chi connectivity index (χ0v) is 14.6. The summed E-state index contributed by atoms with van der Waals surface area (Å²) in [6.07, 6.45) is 1.93. The van der Waals surface area contributed by atoms with E-state index in [2.05, 4.69) is 13.8 Å². The third-order valence-electron chi connectivity index (χ3n) is 3.42. The van der Waals surface area contributed by atoms with E-state index in [1.807, 2.05) is 27.7 Å². The molecule has 124 valence electrons. The van der Waals surface area contributed by atoms with E-state index in [1.54, 1.807) is 0 Å². The quantitative estimate of drug-likeness (QED) is 0.674. The Morgan fingerprint density at radius 2 is 1.71 bits per heavy atom. The van der Waals surface area contributed by atoms with Crippen molar-refractivity contribution in [1.82, 2.24) is 4.90 Å². The summed E-state index contributed by atoms with van der Waals surface area (Å²) < 4.78 is 10.2. The number of hydrogen-bond donors (Lipinski definition) is 0. The average Bonchev–Trinajstić information content (AvgIpc) is 2.40. The van der Waals surface area contributed by atoms with Crippen LogP contribution in [0.1, 0.15) is 60.8 Å². The normalized spacial score (nSPS) is 14.2. The largest absolute Gasteiger partial charge is 0.467 e. The van der Waals surface area contributed by atoms with Gasteiger partial charge in [-0.1, -0.05) is 27.2 Å². The van der Waals surface area contributed by atoms with Crippen LogP contribution in [0.25, 0.3) is 0 Å². The van der Waals surface area contributed by atoms with Crippen LogP contribution in [0.3, 0.4) is 0 Å². The molecule has 0 aliphatic rings. The van der Waals surface area contributed by atoms with Crippen molar-refractivity contribution in [2.24, 2.45) is 5.92 Å². The first kappa shape index (κ1) is 19.7. The highest BCUT2D eigenvalue weighted by molar-refractivity contribution is 5.81. The van der Waals surface area contributed by atoms with E-state index in [1.165, 1.54) is 12.0 Å². The van der Waals surface area contributed by atoms with Gasteiger partial charge in [0.2, 0.25) is 0 Å². The number of ether oxygens (including phenoxy) is 2. The van der Waals surface area contributed by atoms with E-state index in [9.17, 15) is 9.59 Å². The van der Waals surface area contributed by atoms with Gasteiger partial charge in [-0.15, -0.1) is 0 Å². The predicted molar refractivity (Wildman–Crippen MR) is 83.1 cm³/mol. The Labute approximate surface area is 129 Å². The van der Waals surface area contributed by atoms with Crippen molar-refractivity contribution < 1.29 is 19.1 Å². The molecule has 1 amide bonds. The summed E-state index contributed by atoms with van der Waals surface area (Å²) >= 11 is 0. The first-order valence-electron chi connectivity index (χ1n) is 7.73. The maximum absolute atomic E-state index is 12.4. The minimum Gasteiger partial charge on any atom is -0.467 e. The van der Waals surface area contributed by atoms with Gasteiger partial charge in [0, 0.05) is 6.54 Å². The highest BCUT2D eigenvalue weighted by Crippen LogP contribution is 2.17. The maximum Gasteiger partial charge on any atom is 0.411 e. The van der Waals surface area contributed by atoms with Gasteiger partial charge in [0.1, 0.15) is 11.6 Å². The lowest BCUT2D eigenvalue weighted by Gasteiger charge is -2.32. The number of nitrogens with zero attached hydrogens (tertiary/aromatic N) is 1. The Balaban J connectivity index is 5.06. The van der Waals surface area contributed by atoms with Crippen LogP contribution in [-0.4, -0.2) is 42.3 Å². The molecule has 0 N–H and O–H groups in total. The van der Waals surface area contributed by atoms with Crippen LogP contribution < -0.4 is 0 Å². The van der Waals surface area contributed by atoms with Crippen molar-refractivity contribution in [3.63, 3.8) is 0 Å². The lowest BCUT2D eigenvalue weighted by atomic mass is 10.0. The molecule has 0 saturated heterocycles. The van der Waals surface area contributed by atoms with Crippen molar-refractivity contribution in [1.29, 1.82) is 0 Å². The number of rotatable bonds is 7. The van der Waals surface area contributed by atoms with E-state index in [0.717, 1.165) is 12.8 Å². The Hall–Kier alpha value is -1.26. The van der Waals surface area contributed by atoms with Crippen molar-refractivity contribution in [2.75, 3.05) is 13.7 Å². The average molecular weight is 301 g/mol. The molecule has 0 rings (SSSR count). The molecule has 0 heterocycles. The Bertz CT molecular complexity index is 336. The predicted octanol–water partition coefficient (Wildman–Crippen LogP) is 3.61. The van der Waals surface area contributed by atoms with E-state index >= 15 is 0 Å². The molecule has 5 heteroatoms. The summed E-state index contributed by atoms with van der Waals surface area (Å²) in [4.78, 5) is 25.8. The topological polar surface area (TPSA) is 55.8 Å². The first-order chi connectivity index (χ1) is 9.66. The second-order valence-corrected chi connectivity index (χ2v) is 6.42. The SMILES string of the molecule is CCC(C)CCN(C(=O)OC(C)(C)C)C(CC)C(=O)OC. The van der Waals surface area contributed by atoms with Crippen LogP contribution in [0.15, 0.2) is 0 Å². The van der Waals surface area contributed by atoms with E-state index in [-0.39, 0.29) is 0 Å². The number of carbonyl (C=O) groups excluding carboxylic acids is 2. The number of amides is 1. The molecule has 0 saturated carbocycles. The number of carbonyl (C=O) groups is 2. The van der Waals surface area contributed by atoms with Gasteiger partial charge in [-0.2, -0.15) is 0 Å². The lowest BCUT2D eigenvalue weighted by Crippen LogP contribution is -2.48. The minimum absolute atomic E-state index is 0.396. The molecule has 0 aliphatic carbocycles. The van der Waals surface area contributed by atoms with E-state index in [4.69, 9.17) is 9.47 Å². The third kappa shape index (κ3) is 7.34. The molecule has 0 spiro atoms. The monoisotopic (exact) mass is 301 g/mol. The van der Waals surface area contributed by atoms with Crippen LogP contribution in [-0.2, 0) is 14.3 Å². The van der Waals surface area contributed by atoms with Gasteiger partial charge in [-0.05, 0) is 39.5 Å². The summed E-state index contributed by atoms with van der Waals surface area (Å²) in [5.74, 6) is 0.0950. The number of esters is 1. The molecule has 21 heavy (non-hydrogen) atoms. The zero-order chi connectivity index (χ0) is 16.6. The molecule has 5 nitrogen and oxygen atoms in total. The van der Waals surface area contributed by atoms with E-state index in [0.29, 0.717) is 18.9 Å². The summed E-state index contributed by atoms with van der Waals surface area (Å²) in [5, 5.41) is 0. The van der Waals surface area contributed by atoms with Gasteiger partial charge in [-0.25, -0.2) is 9.59 Å². The molecule has 0 aromatic carbocycles. The van der Waals surface area contributed by atoms with Gasteiger partial charge < -0.3 is 9.47 Å². The van der Waals surface area contributed by atoms with Gasteiger partial charge >= 0.3 is 12.1 Å². The van der Waals surface area contributed by atoms with E-state index < -0.39 is 23.7 Å². The fourth-order valence-electron chi connectivity index (χ4n) is 1.91. The van der Waals surface area contributed by atoms with Gasteiger partial charge in [0.15, 0.2) is 0 Å². The highest BCUT2D eigenvalue weighted by atomic mass is 16.6. The van der Waals surface area contributed by atoms with Crippen molar-refractivity contribution in [3.8, 4) is 0 Å². The Kier molecular flexibility index (Phi) is 8.37. The highest BCUT2D eigenvalue weighted by Gasteiger charge is 2.32. The molecule has 0 radical (unpaired) electrons. The number of methoxy groups -OCH3 is 1. The second-order valence-electron chi connectivity index (χ2n) is 6.42. The van der Waals surface area contributed by atoms with Gasteiger partial charge in [-0.3, -0.25) is 4.90 Å². The molecule has 2 atom stereocenters. The molecule has 0 aromatic rings. The fourth-order valence-corrected chi connectivity index (χ4v) is 1.91. The van der Waals surface area contributed by atoms with Gasteiger partial charge in [0.05, 0.1) is 7.11 Å². The van der Waals surface area contributed by atoms with Crippen LogP contribution in [0.4, 0.5) is 4.79 Å². The summed E-state index contributed by atoms with van der Waals surface area (Å²) in [6.45, 7) is 12.1. The summed E-state index contributed by atoms with van der Waals surface area (Å²) in [5.41, 5.74) is -0.583. The van der Waals surface area contributed by atoms with Crippen molar-refractivity contribution >= 4 is 12.1 Å². The molecule has 0 aromatic heterocycles. The Morgan fingerprint density at radius 3 is 2.10 bits per heavy atom. The Morgan fingerprint density at radius 1 is 1.14 bits per heavy atom. The van der Waals surface area contributed by atoms with Crippen LogP contribution >= 0.6 is 0 Å². The molecule has 0 bridgehead atoms. The second kappa shape index (κ2) is 8.90. The van der Waals surface area contributed by atoms with Crippen LogP contribution in [0, 0.1) is 5.92 Å². The third-order valence-corrected chi connectivity index (χ3v) is 3.42.